The van der Waals surface area contributed by atoms with Gasteiger partial charge in [0, 0.05) is 20.8 Å². The second-order valence-corrected chi connectivity index (χ2v) is 13.6. The molecular weight excluding hydrogens is 727 g/mol. The minimum Gasteiger partial charge on any atom is -0.423 e. The molecule has 0 radical (unpaired) electrons. The Labute approximate surface area is 273 Å². The van der Waals surface area contributed by atoms with Crippen LogP contribution in [0.1, 0.15) is 37.5 Å². The number of carbonyl (C=O) groups excluding carboxylic acids is 5. The Balaban J connectivity index is 1.27. The molecule has 2 aliphatic carbocycles. The highest BCUT2D eigenvalue weighted by Crippen LogP contribution is 2.60. The van der Waals surface area contributed by atoms with Crippen LogP contribution in [0.3, 0.4) is 0 Å². The molecular formula is C31H22Br2Cl2N2O6. The van der Waals surface area contributed by atoms with Crippen molar-refractivity contribution in [3.8, 4) is 5.75 Å². The van der Waals surface area contributed by atoms with Crippen molar-refractivity contribution < 1.29 is 28.7 Å². The van der Waals surface area contributed by atoms with E-state index in [1.807, 2.05) is 0 Å². The van der Waals surface area contributed by atoms with Gasteiger partial charge in [0.15, 0.2) is 5.78 Å². The monoisotopic (exact) mass is 746 g/mol. The smallest absolute Gasteiger partial charge is 0.343 e. The van der Waals surface area contributed by atoms with Crippen LogP contribution in [0.4, 0.5) is 0 Å². The van der Waals surface area contributed by atoms with Gasteiger partial charge in [0.1, 0.15) is 12.3 Å². The number of rotatable bonds is 7. The summed E-state index contributed by atoms with van der Waals surface area (Å²) in [4.78, 5) is 67.3. The van der Waals surface area contributed by atoms with E-state index in [2.05, 4.69) is 31.9 Å². The van der Waals surface area contributed by atoms with Gasteiger partial charge in [-0.2, -0.15) is 5.01 Å². The van der Waals surface area contributed by atoms with Crippen molar-refractivity contribution in [3.63, 3.8) is 0 Å². The summed E-state index contributed by atoms with van der Waals surface area (Å²) in [6, 6.07) is 18.5. The van der Waals surface area contributed by atoms with Crippen molar-refractivity contribution in [2.45, 2.75) is 16.1 Å². The number of ether oxygens (including phenoxy) is 1. The van der Waals surface area contributed by atoms with Gasteiger partial charge in [-0.3, -0.25) is 19.2 Å². The predicted molar refractivity (Wildman–Crippen MR) is 166 cm³/mol. The van der Waals surface area contributed by atoms with E-state index >= 15 is 0 Å². The number of nitrogens with zero attached hydrogens (tertiary/aromatic N) is 2. The Morgan fingerprint density at radius 1 is 0.791 bits per heavy atom. The minimum atomic E-state index is -0.750. The molecule has 1 saturated heterocycles. The lowest BCUT2D eigenvalue weighted by molar-refractivity contribution is -0.154. The normalized spacial score (nSPS) is 25.5. The zero-order valence-electron chi connectivity index (χ0n) is 22.2. The van der Waals surface area contributed by atoms with Crippen LogP contribution in [0, 0.1) is 23.7 Å². The molecule has 8 nitrogen and oxygen atoms in total. The number of esters is 1. The average Bonchev–Trinajstić information content (AvgIpc) is 3.62. The number of alkyl halides is 2. The molecule has 0 aromatic heterocycles. The molecule has 0 spiro atoms. The van der Waals surface area contributed by atoms with Crippen LogP contribution in [0.15, 0.2) is 72.8 Å². The Kier molecular flexibility index (Phi) is 8.23. The summed E-state index contributed by atoms with van der Waals surface area (Å²) >= 11 is 19.5. The lowest BCUT2D eigenvalue weighted by Gasteiger charge is -2.31. The first-order valence-electron chi connectivity index (χ1n) is 13.4. The van der Waals surface area contributed by atoms with E-state index in [0.717, 1.165) is 10.0 Å². The number of Topliss-reactive ketones (excluding diaryl/α,β-unsaturated/α-hetero) is 1. The number of benzene rings is 3. The predicted octanol–water partition coefficient (Wildman–Crippen LogP) is 6.23. The fourth-order valence-electron chi connectivity index (χ4n) is 6.26. The summed E-state index contributed by atoms with van der Waals surface area (Å²) in [5, 5.41) is 2.08. The van der Waals surface area contributed by atoms with Crippen molar-refractivity contribution in [3.05, 3.63) is 99.5 Å². The minimum absolute atomic E-state index is 0.00538. The number of carbonyl (C=O) groups is 5. The van der Waals surface area contributed by atoms with Gasteiger partial charge in [0.25, 0.3) is 17.7 Å². The lowest BCUT2D eigenvalue weighted by Crippen LogP contribution is -2.52. The molecule has 6 rings (SSSR count). The summed E-state index contributed by atoms with van der Waals surface area (Å²) in [6.07, 6.45) is 0.716. The third kappa shape index (κ3) is 5.32. The van der Waals surface area contributed by atoms with Crippen molar-refractivity contribution in [2.75, 3.05) is 6.54 Å². The van der Waals surface area contributed by atoms with E-state index in [1.54, 1.807) is 30.3 Å². The summed E-state index contributed by atoms with van der Waals surface area (Å²) in [7, 11) is 0. The summed E-state index contributed by atoms with van der Waals surface area (Å²) in [5.74, 6) is -3.97. The molecule has 3 aromatic rings. The molecule has 220 valence electrons. The van der Waals surface area contributed by atoms with Crippen molar-refractivity contribution in [1.82, 2.24) is 10.0 Å². The largest absolute Gasteiger partial charge is 0.423 e. The Morgan fingerprint density at radius 2 is 1.37 bits per heavy atom. The SMILES string of the molecule is O=C(CN(C(=O)c1ccc(Cl)c(Cl)c1)N1C(=O)[C@@H]2[C@H]3C[C@@H]([C@H](Br)[C@H]3Br)[C@H]2C1=O)c1ccc(OC(=O)c2ccccc2)cc1. The number of imide groups is 1. The maximum absolute atomic E-state index is 13.8. The van der Waals surface area contributed by atoms with Gasteiger partial charge in [-0.1, -0.05) is 73.3 Å². The van der Waals surface area contributed by atoms with E-state index in [4.69, 9.17) is 27.9 Å². The first-order chi connectivity index (χ1) is 20.6. The van der Waals surface area contributed by atoms with Crippen molar-refractivity contribution in [1.29, 1.82) is 0 Å². The Morgan fingerprint density at radius 3 is 1.95 bits per heavy atom. The number of ketones is 1. The van der Waals surface area contributed by atoms with Gasteiger partial charge >= 0.3 is 5.97 Å². The van der Waals surface area contributed by atoms with E-state index in [1.165, 1.54) is 42.5 Å². The molecule has 2 saturated carbocycles. The molecule has 6 atom stereocenters. The molecule has 3 amide bonds. The zero-order chi connectivity index (χ0) is 30.6. The fourth-order valence-corrected chi connectivity index (χ4v) is 8.43. The number of hydrogen-bond donors (Lipinski definition) is 0. The molecule has 0 unspecified atom stereocenters. The van der Waals surface area contributed by atoms with Gasteiger partial charge < -0.3 is 4.74 Å². The van der Waals surface area contributed by atoms with E-state index < -0.39 is 47.9 Å². The average molecular weight is 749 g/mol. The van der Waals surface area contributed by atoms with Gasteiger partial charge in [-0.25, -0.2) is 9.80 Å². The molecule has 1 aliphatic heterocycles. The first kappa shape index (κ1) is 30.0. The number of halogens is 4. The second-order valence-electron chi connectivity index (χ2n) is 10.7. The number of amides is 3. The van der Waals surface area contributed by atoms with Crippen LogP contribution in [0.25, 0.3) is 0 Å². The van der Waals surface area contributed by atoms with Crippen molar-refractivity contribution in [2.24, 2.45) is 23.7 Å². The lowest BCUT2D eigenvalue weighted by atomic mass is 9.81. The highest BCUT2D eigenvalue weighted by molar-refractivity contribution is 9.12. The summed E-state index contributed by atoms with van der Waals surface area (Å²) in [5.41, 5.74) is 0.615. The number of hydrogen-bond acceptors (Lipinski definition) is 6. The van der Waals surface area contributed by atoms with Gasteiger partial charge in [0.05, 0.1) is 27.4 Å². The molecule has 3 fully saturated rings. The zero-order valence-corrected chi connectivity index (χ0v) is 26.8. The van der Waals surface area contributed by atoms with E-state index in [0.29, 0.717) is 12.0 Å². The topological polar surface area (TPSA) is 101 Å². The molecule has 1 heterocycles. The molecule has 3 aliphatic rings. The molecule has 0 N–H and O–H groups in total. The van der Waals surface area contributed by atoms with Gasteiger partial charge in [0.2, 0.25) is 0 Å². The summed E-state index contributed by atoms with van der Waals surface area (Å²) < 4.78 is 5.38. The van der Waals surface area contributed by atoms with Crippen LogP contribution in [-0.2, 0) is 9.59 Å². The Bertz CT molecular complexity index is 1620. The highest BCUT2D eigenvalue weighted by Gasteiger charge is 2.67. The highest BCUT2D eigenvalue weighted by atomic mass is 79.9. The van der Waals surface area contributed by atoms with E-state index in [9.17, 15) is 24.0 Å². The summed E-state index contributed by atoms with van der Waals surface area (Å²) in [6.45, 7) is -0.593. The molecule has 3 aromatic carbocycles. The fraction of sp³-hybridized carbons (Fsp3) is 0.258. The molecule has 43 heavy (non-hydrogen) atoms. The standard InChI is InChI=1S/C31H22Br2Cl2N2O6/c32-26-19-13-20(27(26)33)25-24(19)29(40)37(30(25)41)36(28(39)17-8-11-21(34)22(35)12-17)14-23(38)15-6-9-18(10-7-15)43-31(42)16-4-2-1-3-5-16/h1-12,19-20,24-27H,13-14H2/t19-,20-,24-,25-,26+,27+/m1/s1. The quantitative estimate of drug-likeness (QED) is 0.0935. The third-order valence-corrected chi connectivity index (χ3v) is 12.2. The van der Waals surface area contributed by atoms with Crippen LogP contribution >= 0.6 is 55.1 Å². The van der Waals surface area contributed by atoms with Gasteiger partial charge in [-0.05, 0) is 72.9 Å². The number of hydrazine groups is 1. The number of fused-ring (bicyclic) bond motifs is 5. The van der Waals surface area contributed by atoms with Crippen LogP contribution in [-0.4, -0.2) is 55.7 Å². The van der Waals surface area contributed by atoms with Crippen LogP contribution in [0.2, 0.25) is 10.0 Å². The third-order valence-electron chi connectivity index (χ3n) is 8.30. The maximum atomic E-state index is 13.8. The molecule has 2 bridgehead atoms. The van der Waals surface area contributed by atoms with E-state index in [-0.39, 0.29) is 48.4 Å². The second kappa shape index (κ2) is 11.8. The van der Waals surface area contributed by atoms with Crippen LogP contribution < -0.4 is 4.74 Å². The maximum Gasteiger partial charge on any atom is 0.343 e. The Hall–Kier alpha value is -3.05. The van der Waals surface area contributed by atoms with Gasteiger partial charge in [-0.15, -0.1) is 0 Å². The first-order valence-corrected chi connectivity index (χ1v) is 16.0. The van der Waals surface area contributed by atoms with Crippen LogP contribution in [0.5, 0.6) is 5.75 Å². The van der Waals surface area contributed by atoms with Crippen molar-refractivity contribution >= 4 is 84.5 Å². The molecule has 12 heteroatoms.